The smallest absolute Gasteiger partial charge is 0.0959 e. The fourth-order valence-corrected chi connectivity index (χ4v) is 1.67. The first-order valence-electron chi connectivity index (χ1n) is 4.37. The maximum Gasteiger partial charge on any atom is 0.0959 e. The van der Waals surface area contributed by atoms with Crippen molar-refractivity contribution in [2.45, 2.75) is 31.4 Å². The van der Waals surface area contributed by atoms with Gasteiger partial charge < -0.3 is 5.11 Å². The summed E-state index contributed by atoms with van der Waals surface area (Å²) < 4.78 is 0. The summed E-state index contributed by atoms with van der Waals surface area (Å²) in [5.41, 5.74) is 2.06. The fraction of sp³-hybridized carbons (Fsp3) is 0.500. The minimum absolute atomic E-state index is 0.372. The summed E-state index contributed by atoms with van der Waals surface area (Å²) in [6.07, 6.45) is 4.14. The average Bonchev–Trinajstić information content (AvgIpc) is 2.16. The van der Waals surface area contributed by atoms with Crippen LogP contribution in [0.1, 0.15) is 30.6 Å². The van der Waals surface area contributed by atoms with E-state index in [1.807, 2.05) is 26.2 Å². The van der Waals surface area contributed by atoms with Gasteiger partial charge in [-0.25, -0.2) is 4.98 Å². The maximum absolute atomic E-state index is 9.63. The molecule has 0 saturated heterocycles. The summed E-state index contributed by atoms with van der Waals surface area (Å²) in [5.74, 6) is 0. The van der Waals surface area contributed by atoms with Crippen LogP contribution in [0.5, 0.6) is 0 Å². The third kappa shape index (κ3) is 2.45. The van der Waals surface area contributed by atoms with Crippen LogP contribution in [0.25, 0.3) is 0 Å². The highest BCUT2D eigenvalue weighted by atomic mass is 32.2. The van der Waals surface area contributed by atoms with Gasteiger partial charge in [-0.3, -0.25) is 0 Å². The van der Waals surface area contributed by atoms with E-state index < -0.39 is 0 Å². The van der Waals surface area contributed by atoms with Crippen LogP contribution >= 0.6 is 11.8 Å². The zero-order valence-corrected chi connectivity index (χ0v) is 9.06. The number of thioether (sulfide) groups is 1. The van der Waals surface area contributed by atoms with Crippen LogP contribution in [-0.2, 0) is 0 Å². The van der Waals surface area contributed by atoms with Crippen molar-refractivity contribution in [2.75, 3.05) is 6.26 Å². The Morgan fingerprint density at radius 3 is 2.77 bits per heavy atom. The van der Waals surface area contributed by atoms with Gasteiger partial charge in [-0.15, -0.1) is 11.8 Å². The van der Waals surface area contributed by atoms with Gasteiger partial charge in [0.15, 0.2) is 0 Å². The van der Waals surface area contributed by atoms with Gasteiger partial charge in [-0.1, -0.05) is 6.92 Å². The van der Waals surface area contributed by atoms with Gasteiger partial charge in [0.05, 0.1) is 11.1 Å². The zero-order valence-electron chi connectivity index (χ0n) is 8.24. The quantitative estimate of drug-likeness (QED) is 0.756. The van der Waals surface area contributed by atoms with Crippen LogP contribution in [0.3, 0.4) is 0 Å². The molecule has 0 fully saturated rings. The van der Waals surface area contributed by atoms with Gasteiger partial charge in [0.2, 0.25) is 0 Å². The Balaban J connectivity index is 2.98. The normalized spacial score (nSPS) is 12.9. The second-order valence-corrected chi connectivity index (χ2v) is 3.83. The van der Waals surface area contributed by atoms with Gasteiger partial charge in [-0.05, 0) is 31.2 Å². The summed E-state index contributed by atoms with van der Waals surface area (Å²) in [7, 11) is 0. The van der Waals surface area contributed by atoms with E-state index in [-0.39, 0.29) is 6.10 Å². The average molecular weight is 197 g/mol. The molecule has 0 aliphatic heterocycles. The lowest BCUT2D eigenvalue weighted by molar-refractivity contribution is 0.172. The van der Waals surface area contributed by atoms with E-state index in [2.05, 4.69) is 4.98 Å². The van der Waals surface area contributed by atoms with Crippen molar-refractivity contribution in [3.05, 3.63) is 23.4 Å². The van der Waals surface area contributed by atoms with Crippen LogP contribution in [0, 0.1) is 6.92 Å². The van der Waals surface area contributed by atoms with Gasteiger partial charge >= 0.3 is 0 Å². The predicted molar refractivity (Wildman–Crippen MR) is 56.0 cm³/mol. The molecular formula is C10H15NOS. The summed E-state index contributed by atoms with van der Waals surface area (Å²) in [5, 5.41) is 10.6. The van der Waals surface area contributed by atoms with E-state index >= 15 is 0 Å². The number of aromatic nitrogens is 1. The molecule has 1 heterocycles. The highest BCUT2D eigenvalue weighted by Gasteiger charge is 2.08. The Morgan fingerprint density at radius 2 is 2.31 bits per heavy atom. The van der Waals surface area contributed by atoms with Crippen LogP contribution in [0.4, 0.5) is 0 Å². The number of rotatable bonds is 3. The monoisotopic (exact) mass is 197 g/mol. The van der Waals surface area contributed by atoms with E-state index in [9.17, 15) is 5.11 Å². The van der Waals surface area contributed by atoms with Crippen molar-refractivity contribution in [3.63, 3.8) is 0 Å². The van der Waals surface area contributed by atoms with E-state index in [1.54, 1.807) is 18.0 Å². The molecule has 0 aliphatic rings. The number of aliphatic hydroxyl groups is 1. The van der Waals surface area contributed by atoms with Gasteiger partial charge in [-0.2, -0.15) is 0 Å². The molecule has 1 aromatic rings. The molecule has 1 rings (SSSR count). The van der Waals surface area contributed by atoms with Crippen molar-refractivity contribution in [2.24, 2.45) is 0 Å². The highest BCUT2D eigenvalue weighted by molar-refractivity contribution is 7.98. The van der Waals surface area contributed by atoms with Crippen molar-refractivity contribution >= 4 is 11.8 Å². The molecule has 0 aromatic carbocycles. The van der Waals surface area contributed by atoms with E-state index in [0.29, 0.717) is 0 Å². The Hall–Kier alpha value is -0.540. The molecule has 0 radical (unpaired) electrons. The number of hydrogen-bond donors (Lipinski definition) is 1. The van der Waals surface area contributed by atoms with Crippen molar-refractivity contribution in [3.8, 4) is 0 Å². The van der Waals surface area contributed by atoms with Crippen molar-refractivity contribution < 1.29 is 5.11 Å². The van der Waals surface area contributed by atoms with Crippen molar-refractivity contribution in [1.82, 2.24) is 4.98 Å². The molecule has 2 nitrogen and oxygen atoms in total. The van der Waals surface area contributed by atoms with Gasteiger partial charge in [0, 0.05) is 11.8 Å². The minimum Gasteiger partial charge on any atom is -0.388 e. The minimum atomic E-state index is -0.372. The third-order valence-electron chi connectivity index (χ3n) is 2.08. The van der Waals surface area contributed by atoms with E-state index in [4.69, 9.17) is 0 Å². The Labute approximate surface area is 83.4 Å². The molecule has 13 heavy (non-hydrogen) atoms. The van der Waals surface area contributed by atoms with Crippen LogP contribution in [0.2, 0.25) is 0 Å². The molecule has 0 bridgehead atoms. The Morgan fingerprint density at radius 1 is 1.62 bits per heavy atom. The number of pyridine rings is 1. The molecule has 72 valence electrons. The predicted octanol–water partition coefficient (Wildman–Crippen LogP) is 2.56. The first kappa shape index (κ1) is 10.5. The molecule has 0 saturated carbocycles. The highest BCUT2D eigenvalue weighted by Crippen LogP contribution is 2.22. The first-order valence-corrected chi connectivity index (χ1v) is 5.60. The summed E-state index contributed by atoms with van der Waals surface area (Å²) in [4.78, 5) is 4.23. The second-order valence-electron chi connectivity index (χ2n) is 3.01. The number of nitrogens with zero attached hydrogens (tertiary/aromatic N) is 1. The molecular weight excluding hydrogens is 182 g/mol. The summed E-state index contributed by atoms with van der Waals surface area (Å²) >= 11 is 1.62. The van der Waals surface area contributed by atoms with Gasteiger partial charge in [0.25, 0.3) is 0 Å². The molecule has 1 aromatic heterocycles. The molecule has 3 heteroatoms. The summed E-state index contributed by atoms with van der Waals surface area (Å²) in [6, 6.07) is 2.01. The first-order chi connectivity index (χ1) is 6.19. The van der Waals surface area contributed by atoms with Crippen molar-refractivity contribution in [1.29, 1.82) is 0 Å². The standard InChI is InChI=1S/C10H15NOS/c1-4-9(12)8-6-11-10(13-3)5-7(8)2/h5-6,9,12H,4H2,1-3H3/t9-/m0/s1. The lowest BCUT2D eigenvalue weighted by Gasteiger charge is -2.11. The Kier molecular flexibility index (Phi) is 3.75. The third-order valence-corrected chi connectivity index (χ3v) is 2.72. The molecule has 1 N–H and O–H groups in total. The lowest BCUT2D eigenvalue weighted by Crippen LogP contribution is -1.99. The molecule has 0 aliphatic carbocycles. The van der Waals surface area contributed by atoms with Crippen LogP contribution in [0.15, 0.2) is 17.3 Å². The molecule has 0 spiro atoms. The Bertz CT molecular complexity index is 288. The van der Waals surface area contributed by atoms with E-state index in [0.717, 1.165) is 22.6 Å². The number of aryl methyl sites for hydroxylation is 1. The zero-order chi connectivity index (χ0) is 9.84. The SMILES string of the molecule is CC[C@H](O)c1cnc(SC)cc1C. The topological polar surface area (TPSA) is 33.1 Å². The lowest BCUT2D eigenvalue weighted by atomic mass is 10.1. The summed E-state index contributed by atoms with van der Waals surface area (Å²) in [6.45, 7) is 3.97. The molecule has 1 atom stereocenters. The van der Waals surface area contributed by atoms with Crippen LogP contribution < -0.4 is 0 Å². The molecule has 0 unspecified atom stereocenters. The van der Waals surface area contributed by atoms with Gasteiger partial charge in [0.1, 0.15) is 0 Å². The van der Waals surface area contributed by atoms with E-state index in [1.165, 1.54) is 0 Å². The molecule has 0 amide bonds. The number of hydrogen-bond acceptors (Lipinski definition) is 3. The largest absolute Gasteiger partial charge is 0.388 e. The second kappa shape index (κ2) is 4.63. The number of aliphatic hydroxyl groups excluding tert-OH is 1. The maximum atomic E-state index is 9.63. The van der Waals surface area contributed by atoms with Crippen LogP contribution in [-0.4, -0.2) is 16.3 Å². The fourth-order valence-electron chi connectivity index (χ4n) is 1.22.